The first-order valence-electron chi connectivity index (χ1n) is 4.43. The van der Waals surface area contributed by atoms with Crippen LogP contribution in [-0.2, 0) is 0 Å². The van der Waals surface area contributed by atoms with E-state index in [0.717, 1.165) is 0 Å². The maximum Gasteiger partial charge on any atom is 0.263 e. The average molecular weight is 283 g/mol. The fourth-order valence-electron chi connectivity index (χ4n) is 1.45. The van der Waals surface area contributed by atoms with Gasteiger partial charge in [-0.25, -0.2) is 4.98 Å². The summed E-state index contributed by atoms with van der Waals surface area (Å²) in [5, 5.41) is 9.80. The van der Waals surface area contributed by atoms with Crippen LogP contribution in [-0.4, -0.2) is 20.9 Å². The van der Waals surface area contributed by atoms with Crippen molar-refractivity contribution >= 4 is 32.7 Å². The number of hydrogen-bond acceptors (Lipinski definition) is 4. The molecule has 2 heterocycles. The van der Waals surface area contributed by atoms with Crippen molar-refractivity contribution in [3.8, 4) is 5.75 Å². The Labute approximate surface area is 98.3 Å². The molecule has 0 spiro atoms. The lowest BCUT2D eigenvalue weighted by atomic mass is 10.1. The largest absolute Gasteiger partial charge is 0.505 e. The molecule has 16 heavy (non-hydrogen) atoms. The number of nitrogens with zero attached hydrogens (tertiary/aromatic N) is 1. The Morgan fingerprint density at radius 3 is 2.81 bits per heavy atom. The van der Waals surface area contributed by atoms with Gasteiger partial charge in [0.25, 0.3) is 5.56 Å². The molecule has 0 amide bonds. The third-order valence-corrected chi connectivity index (χ3v) is 2.59. The van der Waals surface area contributed by atoms with E-state index in [1.165, 1.54) is 6.92 Å². The van der Waals surface area contributed by atoms with Crippen molar-refractivity contribution in [2.24, 2.45) is 0 Å². The molecule has 2 rings (SSSR count). The topological polar surface area (TPSA) is 83.0 Å². The van der Waals surface area contributed by atoms with Gasteiger partial charge in [-0.3, -0.25) is 9.59 Å². The molecule has 0 aromatic carbocycles. The van der Waals surface area contributed by atoms with E-state index in [9.17, 15) is 14.7 Å². The van der Waals surface area contributed by atoms with E-state index in [0.29, 0.717) is 10.1 Å². The van der Waals surface area contributed by atoms with Crippen LogP contribution in [0.1, 0.15) is 17.3 Å². The van der Waals surface area contributed by atoms with Crippen LogP contribution in [0.4, 0.5) is 0 Å². The lowest BCUT2D eigenvalue weighted by molar-refractivity contribution is 0.101. The molecule has 2 aromatic rings. The number of aromatic nitrogens is 2. The van der Waals surface area contributed by atoms with Crippen LogP contribution in [0.25, 0.3) is 11.0 Å². The van der Waals surface area contributed by atoms with Gasteiger partial charge < -0.3 is 10.1 Å². The van der Waals surface area contributed by atoms with E-state index in [1.807, 2.05) is 0 Å². The number of carbonyl (C=O) groups excluding carboxylic acids is 1. The third-order valence-electron chi connectivity index (χ3n) is 2.15. The lowest BCUT2D eigenvalue weighted by Gasteiger charge is -2.04. The van der Waals surface area contributed by atoms with Crippen molar-refractivity contribution in [1.82, 2.24) is 9.97 Å². The predicted octanol–water partition coefficient (Wildman–Crippen LogP) is 1.59. The van der Waals surface area contributed by atoms with E-state index in [-0.39, 0.29) is 16.8 Å². The SMILES string of the molecule is CC(=O)c1c(O)c2nc(Br)ccc2[nH]c1=O. The Hall–Kier alpha value is -1.69. The summed E-state index contributed by atoms with van der Waals surface area (Å²) in [7, 11) is 0. The molecular formula is C10H7BrN2O3. The van der Waals surface area contributed by atoms with E-state index in [1.54, 1.807) is 12.1 Å². The van der Waals surface area contributed by atoms with Crippen LogP contribution in [0, 0.1) is 0 Å². The number of Topliss-reactive ketones (excluding diaryl/α,β-unsaturated/α-hetero) is 1. The van der Waals surface area contributed by atoms with Gasteiger partial charge in [-0.05, 0) is 35.0 Å². The zero-order valence-corrected chi connectivity index (χ0v) is 9.83. The van der Waals surface area contributed by atoms with Gasteiger partial charge in [0.05, 0.1) is 5.52 Å². The minimum Gasteiger partial charge on any atom is -0.505 e. The number of nitrogens with one attached hydrogen (secondary N) is 1. The van der Waals surface area contributed by atoms with Gasteiger partial charge in [-0.15, -0.1) is 0 Å². The van der Waals surface area contributed by atoms with Crippen LogP contribution in [0.2, 0.25) is 0 Å². The number of H-pyrrole nitrogens is 1. The highest BCUT2D eigenvalue weighted by Gasteiger charge is 2.16. The minimum absolute atomic E-state index is 0.194. The number of carbonyl (C=O) groups is 1. The minimum atomic E-state index is -0.610. The van der Waals surface area contributed by atoms with Gasteiger partial charge in [-0.1, -0.05) is 0 Å². The molecule has 0 saturated carbocycles. The van der Waals surface area contributed by atoms with Crippen LogP contribution < -0.4 is 5.56 Å². The maximum atomic E-state index is 11.5. The van der Waals surface area contributed by atoms with Gasteiger partial charge in [-0.2, -0.15) is 0 Å². The summed E-state index contributed by atoms with van der Waals surface area (Å²) in [4.78, 5) is 29.2. The van der Waals surface area contributed by atoms with Gasteiger partial charge >= 0.3 is 0 Å². The number of aromatic amines is 1. The highest BCUT2D eigenvalue weighted by molar-refractivity contribution is 9.10. The van der Waals surface area contributed by atoms with Gasteiger partial charge in [0.1, 0.15) is 15.7 Å². The van der Waals surface area contributed by atoms with Crippen LogP contribution in [0.15, 0.2) is 21.5 Å². The first-order valence-corrected chi connectivity index (χ1v) is 5.22. The lowest BCUT2D eigenvalue weighted by Crippen LogP contribution is -2.16. The first kappa shape index (κ1) is 10.8. The van der Waals surface area contributed by atoms with E-state index in [2.05, 4.69) is 25.9 Å². The summed E-state index contributed by atoms with van der Waals surface area (Å²) in [6.45, 7) is 1.22. The molecule has 5 nitrogen and oxygen atoms in total. The molecule has 0 saturated heterocycles. The van der Waals surface area contributed by atoms with E-state index >= 15 is 0 Å². The monoisotopic (exact) mass is 282 g/mol. The Morgan fingerprint density at radius 2 is 2.19 bits per heavy atom. The quantitative estimate of drug-likeness (QED) is 0.615. The van der Waals surface area contributed by atoms with Crippen molar-refractivity contribution in [1.29, 1.82) is 0 Å². The maximum absolute atomic E-state index is 11.5. The van der Waals surface area contributed by atoms with Crippen molar-refractivity contribution in [2.75, 3.05) is 0 Å². The van der Waals surface area contributed by atoms with Crippen LogP contribution in [0.5, 0.6) is 5.75 Å². The Kier molecular flexibility index (Phi) is 2.51. The number of halogens is 1. The second kappa shape index (κ2) is 3.71. The first-order chi connectivity index (χ1) is 7.50. The van der Waals surface area contributed by atoms with Gasteiger partial charge in [0, 0.05) is 0 Å². The molecule has 0 radical (unpaired) electrons. The average Bonchev–Trinajstić information content (AvgIpc) is 2.19. The predicted molar refractivity (Wildman–Crippen MR) is 61.7 cm³/mol. The second-order valence-electron chi connectivity index (χ2n) is 3.26. The zero-order chi connectivity index (χ0) is 11.9. The molecule has 0 aliphatic heterocycles. The number of ketones is 1. The molecule has 0 bridgehead atoms. The van der Waals surface area contributed by atoms with Crippen molar-refractivity contribution in [2.45, 2.75) is 6.92 Å². The van der Waals surface area contributed by atoms with Crippen LogP contribution >= 0.6 is 15.9 Å². The summed E-state index contributed by atoms with van der Waals surface area (Å²) in [5.41, 5.74) is -0.297. The fourth-order valence-corrected chi connectivity index (χ4v) is 1.76. The van der Waals surface area contributed by atoms with Crippen molar-refractivity contribution in [3.63, 3.8) is 0 Å². The summed E-state index contributed by atoms with van der Waals surface area (Å²) < 4.78 is 0.511. The molecule has 0 atom stereocenters. The van der Waals surface area contributed by atoms with Gasteiger partial charge in [0.2, 0.25) is 0 Å². The number of aromatic hydroxyl groups is 1. The van der Waals surface area contributed by atoms with E-state index in [4.69, 9.17) is 0 Å². The second-order valence-corrected chi connectivity index (χ2v) is 4.08. The molecule has 0 aliphatic carbocycles. The standard InChI is InChI=1S/C10H7BrN2O3/c1-4(14)7-9(15)8-5(12-10(7)16)2-3-6(11)13-8/h2-3H,1H3,(H2,12,15,16). The molecule has 2 aromatic heterocycles. The third kappa shape index (κ3) is 1.61. The number of hydrogen-bond donors (Lipinski definition) is 2. The zero-order valence-electron chi connectivity index (χ0n) is 8.24. The fraction of sp³-hybridized carbons (Fsp3) is 0.100. The highest BCUT2D eigenvalue weighted by Crippen LogP contribution is 2.24. The smallest absolute Gasteiger partial charge is 0.263 e. The molecule has 0 unspecified atom stereocenters. The van der Waals surface area contributed by atoms with Crippen molar-refractivity contribution < 1.29 is 9.90 Å². The molecule has 82 valence electrons. The highest BCUT2D eigenvalue weighted by atomic mass is 79.9. The molecular weight excluding hydrogens is 276 g/mol. The Bertz CT molecular complexity index is 648. The summed E-state index contributed by atoms with van der Waals surface area (Å²) in [6, 6.07) is 3.22. The number of rotatable bonds is 1. The molecule has 2 N–H and O–H groups in total. The summed E-state index contributed by atoms with van der Waals surface area (Å²) in [6.07, 6.45) is 0. The Morgan fingerprint density at radius 1 is 1.50 bits per heavy atom. The number of pyridine rings is 2. The molecule has 0 fully saturated rings. The molecule has 6 heteroatoms. The molecule has 0 aliphatic rings. The Balaban J connectivity index is 2.96. The van der Waals surface area contributed by atoms with Gasteiger partial charge in [0.15, 0.2) is 11.5 Å². The van der Waals surface area contributed by atoms with E-state index < -0.39 is 11.3 Å². The number of fused-ring (bicyclic) bond motifs is 1. The normalized spacial score (nSPS) is 10.6. The summed E-state index contributed by atoms with van der Waals surface area (Å²) >= 11 is 3.15. The summed E-state index contributed by atoms with van der Waals surface area (Å²) in [5.74, 6) is -0.880. The van der Waals surface area contributed by atoms with Crippen LogP contribution in [0.3, 0.4) is 0 Å². The van der Waals surface area contributed by atoms with Crippen molar-refractivity contribution in [3.05, 3.63) is 32.7 Å².